The fraction of sp³-hybridized carbons (Fsp3) is 0.250. The average Bonchev–Trinajstić information content (AvgIpc) is 2.89. The van der Waals surface area contributed by atoms with E-state index in [0.717, 1.165) is 65.1 Å². The zero-order valence-electron chi connectivity index (χ0n) is 19.9. The van der Waals surface area contributed by atoms with E-state index >= 15 is 0 Å². The summed E-state index contributed by atoms with van der Waals surface area (Å²) in [6.07, 6.45) is 4.13. The quantitative estimate of drug-likeness (QED) is 0.320. The van der Waals surface area contributed by atoms with Crippen LogP contribution in [0, 0.1) is 0 Å². The number of hydrogen-bond donors (Lipinski definition) is 2. The summed E-state index contributed by atoms with van der Waals surface area (Å²) in [5.74, 6) is 3.01. The van der Waals surface area contributed by atoms with Gasteiger partial charge in [0.2, 0.25) is 0 Å². The lowest BCUT2D eigenvalue weighted by Gasteiger charge is -2.25. The van der Waals surface area contributed by atoms with Gasteiger partial charge in [-0.2, -0.15) is 0 Å². The molecule has 0 amide bonds. The minimum absolute atomic E-state index is 0. The Morgan fingerprint density at radius 3 is 2.34 bits per heavy atom. The van der Waals surface area contributed by atoms with Crippen LogP contribution in [0.25, 0.3) is 21.9 Å². The van der Waals surface area contributed by atoms with Gasteiger partial charge in [-0.05, 0) is 67.2 Å². The number of nitrogens with zero attached hydrogens (tertiary/aromatic N) is 1. The molecule has 0 radical (unpaired) electrons. The Kier molecular flexibility index (Phi) is 7.95. The molecule has 0 spiro atoms. The normalized spacial score (nSPS) is 13.7. The second-order valence-electron chi connectivity index (χ2n) is 8.36. The monoisotopic (exact) mass is 491 g/mol. The smallest absolute Gasteiger partial charge is 0.162 e. The van der Waals surface area contributed by atoms with Crippen LogP contribution in [0.5, 0.6) is 17.2 Å². The Labute approximate surface area is 212 Å². The van der Waals surface area contributed by atoms with Crippen LogP contribution in [-0.4, -0.2) is 38.4 Å². The largest absolute Gasteiger partial charge is 0.493 e. The molecule has 7 heteroatoms. The lowest BCUT2D eigenvalue weighted by atomic mass is 9.97. The summed E-state index contributed by atoms with van der Waals surface area (Å²) in [6, 6.07) is 22.4. The fourth-order valence-corrected chi connectivity index (χ4v) is 4.42. The highest BCUT2D eigenvalue weighted by Gasteiger charge is 2.19. The van der Waals surface area contributed by atoms with E-state index in [1.165, 1.54) is 0 Å². The predicted octanol–water partition coefficient (Wildman–Crippen LogP) is 6.22. The van der Waals surface area contributed by atoms with Crippen LogP contribution in [0.3, 0.4) is 0 Å². The topological polar surface area (TPSA) is 64.6 Å². The SMILES string of the molecule is COc1ccc(Nc2cc3c(-c4ccccc4)c(OC4CCNCC4)ccc3cn2)cc1OC.Cl. The standard InChI is InChI=1S/C28H29N3O3.ClH/c1-32-24-11-9-21(16-26(24)33-2)31-27-17-23-20(18-30-27)8-10-25(34-22-12-14-29-15-13-22)28(23)19-6-4-3-5-7-19;/h3-11,16-18,22,29H,12-15H2,1-2H3,(H,30,31);1H. The van der Waals surface area contributed by atoms with Gasteiger partial charge in [-0.3, -0.25) is 0 Å². The molecule has 1 aliphatic rings. The van der Waals surface area contributed by atoms with Crippen LogP contribution in [0.4, 0.5) is 11.5 Å². The van der Waals surface area contributed by atoms with Crippen LogP contribution < -0.4 is 24.8 Å². The van der Waals surface area contributed by atoms with Gasteiger partial charge in [0.15, 0.2) is 11.5 Å². The van der Waals surface area contributed by atoms with Crippen molar-refractivity contribution in [1.29, 1.82) is 0 Å². The van der Waals surface area contributed by atoms with Gasteiger partial charge < -0.3 is 24.8 Å². The number of anilines is 2. The number of ether oxygens (including phenoxy) is 3. The lowest BCUT2D eigenvalue weighted by molar-refractivity contribution is 0.163. The van der Waals surface area contributed by atoms with Crippen molar-refractivity contribution in [3.63, 3.8) is 0 Å². The van der Waals surface area contributed by atoms with E-state index in [2.05, 4.69) is 58.1 Å². The Morgan fingerprint density at radius 1 is 0.857 bits per heavy atom. The Bertz CT molecular complexity index is 1280. The predicted molar refractivity (Wildman–Crippen MR) is 144 cm³/mol. The summed E-state index contributed by atoms with van der Waals surface area (Å²) in [4.78, 5) is 4.65. The number of fused-ring (bicyclic) bond motifs is 1. The average molecular weight is 492 g/mol. The molecule has 3 aromatic carbocycles. The first-order chi connectivity index (χ1) is 16.7. The number of pyridine rings is 1. The molecule has 0 saturated carbocycles. The van der Waals surface area contributed by atoms with Crippen LogP contribution in [0.1, 0.15) is 12.8 Å². The van der Waals surface area contributed by atoms with E-state index in [4.69, 9.17) is 14.2 Å². The first-order valence-corrected chi connectivity index (χ1v) is 11.6. The van der Waals surface area contributed by atoms with E-state index < -0.39 is 0 Å². The van der Waals surface area contributed by atoms with Crippen LogP contribution in [0.2, 0.25) is 0 Å². The zero-order valence-corrected chi connectivity index (χ0v) is 20.7. The Hall–Kier alpha value is -3.48. The van der Waals surface area contributed by atoms with Gasteiger partial charge in [0.1, 0.15) is 17.7 Å². The van der Waals surface area contributed by atoms with E-state index in [0.29, 0.717) is 11.5 Å². The van der Waals surface area contributed by atoms with Gasteiger partial charge in [-0.1, -0.05) is 30.3 Å². The first kappa shape index (κ1) is 24.6. The summed E-state index contributed by atoms with van der Waals surface area (Å²) in [6.45, 7) is 1.98. The number of halogens is 1. The van der Waals surface area contributed by atoms with E-state index in [1.807, 2.05) is 30.5 Å². The molecule has 0 bridgehead atoms. The van der Waals surface area contributed by atoms with Crippen molar-refractivity contribution >= 4 is 34.7 Å². The van der Waals surface area contributed by atoms with Gasteiger partial charge in [-0.25, -0.2) is 4.98 Å². The van der Waals surface area contributed by atoms with Crippen LogP contribution in [0.15, 0.2) is 72.9 Å². The molecule has 35 heavy (non-hydrogen) atoms. The van der Waals surface area contributed by atoms with Gasteiger partial charge in [-0.15, -0.1) is 12.4 Å². The van der Waals surface area contributed by atoms with Crippen LogP contribution in [-0.2, 0) is 0 Å². The minimum Gasteiger partial charge on any atom is -0.493 e. The van der Waals surface area contributed by atoms with Gasteiger partial charge in [0.25, 0.3) is 0 Å². The molecule has 1 fully saturated rings. The highest BCUT2D eigenvalue weighted by Crippen LogP contribution is 2.39. The zero-order chi connectivity index (χ0) is 23.3. The van der Waals surface area contributed by atoms with Crippen molar-refractivity contribution in [2.75, 3.05) is 32.6 Å². The highest BCUT2D eigenvalue weighted by atomic mass is 35.5. The Balaban J connectivity index is 0.00000289. The second kappa shape index (κ2) is 11.3. The summed E-state index contributed by atoms with van der Waals surface area (Å²) in [7, 11) is 3.26. The van der Waals surface area contributed by atoms with Crippen molar-refractivity contribution in [2.24, 2.45) is 0 Å². The third-order valence-electron chi connectivity index (χ3n) is 6.16. The molecule has 2 N–H and O–H groups in total. The molecule has 182 valence electrons. The molecule has 0 atom stereocenters. The fourth-order valence-electron chi connectivity index (χ4n) is 4.42. The minimum atomic E-state index is 0. The number of hydrogen-bond acceptors (Lipinski definition) is 6. The molecular weight excluding hydrogens is 462 g/mol. The molecule has 0 aliphatic carbocycles. The molecule has 1 aromatic heterocycles. The first-order valence-electron chi connectivity index (χ1n) is 11.6. The van der Waals surface area contributed by atoms with Crippen molar-refractivity contribution in [1.82, 2.24) is 10.3 Å². The molecule has 4 aromatic rings. The number of benzene rings is 3. The van der Waals surface area contributed by atoms with Crippen molar-refractivity contribution in [2.45, 2.75) is 18.9 Å². The summed E-state index contributed by atoms with van der Waals surface area (Å²) < 4.78 is 17.3. The van der Waals surface area contributed by atoms with E-state index in [9.17, 15) is 0 Å². The number of rotatable bonds is 7. The van der Waals surface area contributed by atoms with E-state index in [-0.39, 0.29) is 18.5 Å². The van der Waals surface area contributed by atoms with E-state index in [1.54, 1.807) is 14.2 Å². The van der Waals surface area contributed by atoms with Gasteiger partial charge >= 0.3 is 0 Å². The molecule has 0 unspecified atom stereocenters. The summed E-state index contributed by atoms with van der Waals surface area (Å²) in [5, 5.41) is 8.97. The molecule has 1 saturated heterocycles. The second-order valence-corrected chi connectivity index (χ2v) is 8.36. The third kappa shape index (κ3) is 5.45. The molecule has 6 nitrogen and oxygen atoms in total. The maximum Gasteiger partial charge on any atom is 0.162 e. The van der Waals surface area contributed by atoms with Crippen LogP contribution >= 0.6 is 12.4 Å². The number of nitrogens with one attached hydrogen (secondary N) is 2. The number of methoxy groups -OCH3 is 2. The summed E-state index contributed by atoms with van der Waals surface area (Å²) in [5.41, 5.74) is 3.09. The van der Waals surface area contributed by atoms with Crippen molar-refractivity contribution in [3.05, 3.63) is 72.9 Å². The van der Waals surface area contributed by atoms with Gasteiger partial charge in [0.05, 0.1) is 14.2 Å². The van der Waals surface area contributed by atoms with Gasteiger partial charge in [0, 0.05) is 28.9 Å². The maximum atomic E-state index is 6.55. The molecular formula is C28H30ClN3O3. The third-order valence-corrected chi connectivity index (χ3v) is 6.16. The maximum absolute atomic E-state index is 6.55. The summed E-state index contributed by atoms with van der Waals surface area (Å²) >= 11 is 0. The lowest BCUT2D eigenvalue weighted by Crippen LogP contribution is -2.34. The van der Waals surface area contributed by atoms with Crippen molar-refractivity contribution < 1.29 is 14.2 Å². The Morgan fingerprint density at radius 2 is 1.60 bits per heavy atom. The molecule has 1 aliphatic heterocycles. The number of aromatic nitrogens is 1. The van der Waals surface area contributed by atoms with Crippen molar-refractivity contribution in [3.8, 4) is 28.4 Å². The molecule has 5 rings (SSSR count). The highest BCUT2D eigenvalue weighted by molar-refractivity contribution is 6.00. The molecule has 2 heterocycles. The number of piperidine rings is 1.